The summed E-state index contributed by atoms with van der Waals surface area (Å²) in [6.07, 6.45) is 0. The van der Waals surface area contributed by atoms with Crippen LogP contribution in [0.2, 0.25) is 0 Å². The van der Waals surface area contributed by atoms with Crippen molar-refractivity contribution < 1.29 is 4.42 Å². The molecule has 0 spiro atoms. The van der Waals surface area contributed by atoms with Crippen LogP contribution in [0.3, 0.4) is 0 Å². The van der Waals surface area contributed by atoms with Crippen molar-refractivity contribution in [2.75, 3.05) is 9.80 Å². The minimum Gasteiger partial charge on any atom is -0.454 e. The molecule has 0 N–H and O–H groups in total. The molecule has 0 bridgehead atoms. The first-order chi connectivity index (χ1) is 36.2. The van der Waals surface area contributed by atoms with E-state index >= 15 is 0 Å². The third-order valence-corrected chi connectivity index (χ3v) is 14.6. The maximum absolute atomic E-state index is 7.08. The van der Waals surface area contributed by atoms with Gasteiger partial charge in [0, 0.05) is 44.3 Å². The van der Waals surface area contributed by atoms with Crippen LogP contribution >= 0.6 is 0 Å². The van der Waals surface area contributed by atoms with Crippen molar-refractivity contribution in [3.05, 3.63) is 279 Å². The summed E-state index contributed by atoms with van der Waals surface area (Å²) in [5.41, 5.74) is 15.2. The zero-order valence-electron chi connectivity index (χ0n) is 39.9. The first-order valence-electron chi connectivity index (χ1n) is 25.0. The molecule has 0 radical (unpaired) electrons. The summed E-state index contributed by atoms with van der Waals surface area (Å²) in [5, 5.41) is 11.7. The molecule has 3 nitrogen and oxygen atoms in total. The lowest BCUT2D eigenvalue weighted by atomic mass is 9.89. The summed E-state index contributed by atoms with van der Waals surface area (Å²) in [7, 11) is 0. The van der Waals surface area contributed by atoms with Crippen LogP contribution in [0.5, 0.6) is 0 Å². The zero-order valence-corrected chi connectivity index (χ0v) is 39.9. The summed E-state index contributed by atoms with van der Waals surface area (Å²) < 4.78 is 7.08. The Labute approximate surface area is 423 Å². The number of hydrogen-bond acceptors (Lipinski definition) is 3. The monoisotopic (exact) mass is 930 g/mol. The molecule has 73 heavy (non-hydrogen) atoms. The van der Waals surface area contributed by atoms with Gasteiger partial charge in [0.1, 0.15) is 5.58 Å². The number of rotatable bonds is 9. The number of hydrogen-bond donors (Lipinski definition) is 0. The lowest BCUT2D eigenvalue weighted by molar-refractivity contribution is 0.669. The molecule has 0 unspecified atom stereocenters. The number of furan rings is 1. The van der Waals surface area contributed by atoms with Crippen molar-refractivity contribution >= 4 is 99.2 Å². The van der Waals surface area contributed by atoms with E-state index in [0.29, 0.717) is 0 Å². The van der Waals surface area contributed by atoms with Crippen molar-refractivity contribution in [1.29, 1.82) is 0 Å². The second-order valence-electron chi connectivity index (χ2n) is 18.8. The Morgan fingerprint density at radius 3 is 1.21 bits per heavy atom. The third-order valence-electron chi connectivity index (χ3n) is 14.6. The Balaban J connectivity index is 0.960. The topological polar surface area (TPSA) is 19.6 Å². The van der Waals surface area contributed by atoms with Gasteiger partial charge in [0.25, 0.3) is 0 Å². The van der Waals surface area contributed by atoms with E-state index in [-0.39, 0.29) is 0 Å². The largest absolute Gasteiger partial charge is 0.454 e. The van der Waals surface area contributed by atoms with Gasteiger partial charge in [0.05, 0.1) is 11.4 Å². The average Bonchev–Trinajstić information content (AvgIpc) is 3.90. The minimum absolute atomic E-state index is 0.853. The van der Waals surface area contributed by atoms with Gasteiger partial charge in [0.2, 0.25) is 0 Å². The molecule has 0 aliphatic heterocycles. The molecule has 14 aromatic rings. The maximum atomic E-state index is 7.08. The normalized spacial score (nSPS) is 11.6. The van der Waals surface area contributed by atoms with Crippen LogP contribution in [0.4, 0.5) is 34.1 Å². The highest BCUT2D eigenvalue weighted by atomic mass is 16.3. The van der Waals surface area contributed by atoms with Crippen LogP contribution in [0.25, 0.3) is 98.4 Å². The van der Waals surface area contributed by atoms with Gasteiger partial charge in [0.15, 0.2) is 5.58 Å². The van der Waals surface area contributed by atoms with Gasteiger partial charge in [-0.15, -0.1) is 0 Å². The van der Waals surface area contributed by atoms with Gasteiger partial charge in [-0.05, 0) is 126 Å². The second-order valence-corrected chi connectivity index (χ2v) is 18.8. The van der Waals surface area contributed by atoms with Crippen molar-refractivity contribution in [3.63, 3.8) is 0 Å². The van der Waals surface area contributed by atoms with Crippen molar-refractivity contribution in [1.82, 2.24) is 0 Å². The number of anilines is 6. The number of benzene rings is 13. The molecule has 0 atom stereocenters. The molecule has 3 heteroatoms. The third kappa shape index (κ3) is 7.21. The standard InChI is InChI=1S/C70H46N2O/c1-4-18-47(19-5-1)49-32-39-55(40-33-49)71(64-46-53-23-11-13-27-59(53)68-67-58-26-12-10-22-51(58)38-45-65(67)73-70(64)68)56-43-36-52(37-44-56)66-60-28-14-16-30-62(60)69(63-31-17-15-29-61(63)66)72(54-24-8-3-9-25-54)57-41-34-50(35-42-57)48-20-6-2-7-21-48/h1-46H. The highest BCUT2D eigenvalue weighted by Crippen LogP contribution is 2.50. The summed E-state index contributed by atoms with van der Waals surface area (Å²) >= 11 is 0. The first kappa shape index (κ1) is 42.2. The van der Waals surface area contributed by atoms with E-state index < -0.39 is 0 Å². The summed E-state index contributed by atoms with van der Waals surface area (Å²) in [5.74, 6) is 0. The van der Waals surface area contributed by atoms with Crippen LogP contribution in [0, 0.1) is 0 Å². The molecular formula is C70H46N2O. The van der Waals surface area contributed by atoms with Gasteiger partial charge in [-0.25, -0.2) is 0 Å². The Morgan fingerprint density at radius 2 is 0.658 bits per heavy atom. The van der Waals surface area contributed by atoms with E-state index in [9.17, 15) is 0 Å². The van der Waals surface area contributed by atoms with Gasteiger partial charge in [-0.1, -0.05) is 218 Å². The molecule has 342 valence electrons. The van der Waals surface area contributed by atoms with Gasteiger partial charge >= 0.3 is 0 Å². The van der Waals surface area contributed by atoms with Gasteiger partial charge in [-0.2, -0.15) is 0 Å². The Morgan fingerprint density at radius 1 is 0.260 bits per heavy atom. The van der Waals surface area contributed by atoms with Crippen molar-refractivity contribution in [3.8, 4) is 33.4 Å². The van der Waals surface area contributed by atoms with Crippen LogP contribution in [-0.2, 0) is 0 Å². The van der Waals surface area contributed by atoms with E-state index in [1.807, 2.05) is 0 Å². The fourth-order valence-electron chi connectivity index (χ4n) is 11.2. The quantitative estimate of drug-likeness (QED) is 0.135. The molecular weight excluding hydrogens is 885 g/mol. The average molecular weight is 931 g/mol. The first-order valence-corrected chi connectivity index (χ1v) is 25.0. The predicted octanol–water partition coefficient (Wildman–Crippen LogP) is 20.1. The van der Waals surface area contributed by atoms with Crippen molar-refractivity contribution in [2.24, 2.45) is 0 Å². The summed E-state index contributed by atoms with van der Waals surface area (Å²) in [6.45, 7) is 0. The van der Waals surface area contributed by atoms with Crippen molar-refractivity contribution in [2.45, 2.75) is 0 Å². The lowest BCUT2D eigenvalue weighted by Crippen LogP contribution is -2.11. The van der Waals surface area contributed by atoms with E-state index in [1.54, 1.807) is 0 Å². The van der Waals surface area contributed by atoms with E-state index in [2.05, 4.69) is 289 Å². The molecule has 0 saturated carbocycles. The lowest BCUT2D eigenvalue weighted by Gasteiger charge is -2.30. The molecule has 14 rings (SSSR count). The SMILES string of the molecule is c1ccc(-c2ccc(N(c3ccccc3)c3c4ccccc4c(-c4ccc(N(c5ccc(-c6ccccc6)cc5)c5cc6ccccc6c6c5oc5ccc7ccccc7c56)cc4)c4ccccc34)cc2)cc1. The molecule has 0 aliphatic carbocycles. The second kappa shape index (κ2) is 17.6. The summed E-state index contributed by atoms with van der Waals surface area (Å²) in [6, 6.07) is 101. The molecule has 0 aliphatic rings. The van der Waals surface area contributed by atoms with Crippen LogP contribution in [-0.4, -0.2) is 0 Å². The number of fused-ring (bicyclic) bond motifs is 9. The maximum Gasteiger partial charge on any atom is 0.160 e. The van der Waals surface area contributed by atoms with E-state index in [4.69, 9.17) is 4.42 Å². The molecule has 1 heterocycles. The van der Waals surface area contributed by atoms with Crippen LogP contribution < -0.4 is 9.80 Å². The van der Waals surface area contributed by atoms with E-state index in [1.165, 1.54) is 60.0 Å². The van der Waals surface area contributed by atoms with Gasteiger partial charge in [-0.3, -0.25) is 0 Å². The fraction of sp³-hybridized carbons (Fsp3) is 0. The Bertz CT molecular complexity index is 4280. The molecule has 0 amide bonds. The van der Waals surface area contributed by atoms with Gasteiger partial charge < -0.3 is 14.2 Å². The molecule has 1 aromatic heterocycles. The Hall–Kier alpha value is -9.70. The molecule has 0 saturated heterocycles. The zero-order chi connectivity index (χ0) is 48.2. The highest BCUT2D eigenvalue weighted by Gasteiger charge is 2.25. The minimum atomic E-state index is 0.853. The number of para-hydroxylation sites is 1. The smallest absolute Gasteiger partial charge is 0.160 e. The number of nitrogens with zero attached hydrogens (tertiary/aromatic N) is 2. The van der Waals surface area contributed by atoms with Crippen LogP contribution in [0.1, 0.15) is 0 Å². The highest BCUT2D eigenvalue weighted by molar-refractivity contribution is 6.29. The van der Waals surface area contributed by atoms with E-state index in [0.717, 1.165) is 72.6 Å². The fourth-order valence-corrected chi connectivity index (χ4v) is 11.2. The molecule has 0 fully saturated rings. The Kier molecular flexibility index (Phi) is 10.2. The van der Waals surface area contributed by atoms with Crippen LogP contribution in [0.15, 0.2) is 283 Å². The predicted molar refractivity (Wildman–Crippen MR) is 309 cm³/mol. The molecule has 13 aromatic carbocycles. The summed E-state index contributed by atoms with van der Waals surface area (Å²) in [4.78, 5) is 4.80.